The molecule has 0 aliphatic heterocycles. The van der Waals surface area contributed by atoms with E-state index >= 15 is 0 Å². The van der Waals surface area contributed by atoms with Crippen LogP contribution in [0.2, 0.25) is 0 Å². The van der Waals surface area contributed by atoms with Gasteiger partial charge in [0.1, 0.15) is 6.10 Å². The Morgan fingerprint density at radius 3 is 2.40 bits per heavy atom. The Bertz CT molecular complexity index is 93.6. The highest BCUT2D eigenvalue weighted by molar-refractivity contribution is 6.08. The average molecular weight is 165 g/mol. The minimum Gasteiger partial charge on any atom is -0.300 e. The first-order valence-corrected chi connectivity index (χ1v) is 3.74. The molecular formula is C7H13ClO2. The fourth-order valence-corrected chi connectivity index (χ4v) is 0.762. The molecule has 1 unspecified atom stereocenters. The van der Waals surface area contributed by atoms with Crippen LogP contribution >= 0.6 is 11.9 Å². The van der Waals surface area contributed by atoms with E-state index in [4.69, 9.17) is 11.9 Å². The normalized spacial score (nSPS) is 13.6. The minimum atomic E-state index is -0.427. The summed E-state index contributed by atoms with van der Waals surface area (Å²) in [4.78, 5) is 10.1. The van der Waals surface area contributed by atoms with Crippen LogP contribution in [0.1, 0.15) is 26.7 Å². The predicted octanol–water partition coefficient (Wildman–Crippen LogP) is 2.16. The van der Waals surface area contributed by atoms with Crippen molar-refractivity contribution in [3.63, 3.8) is 0 Å². The summed E-state index contributed by atoms with van der Waals surface area (Å²) in [6.07, 6.45) is 1.99. The van der Waals surface area contributed by atoms with Crippen LogP contribution in [0.4, 0.5) is 0 Å². The van der Waals surface area contributed by atoms with Gasteiger partial charge in [0.05, 0.1) is 11.9 Å². The molecule has 0 saturated carbocycles. The Morgan fingerprint density at radius 1 is 1.50 bits per heavy atom. The van der Waals surface area contributed by atoms with Crippen LogP contribution in [0.5, 0.6) is 0 Å². The smallest absolute Gasteiger partial charge is 0.150 e. The topological polar surface area (TPSA) is 26.3 Å². The lowest BCUT2D eigenvalue weighted by Gasteiger charge is -2.06. The van der Waals surface area contributed by atoms with Gasteiger partial charge in [-0.15, -0.1) is 0 Å². The van der Waals surface area contributed by atoms with Gasteiger partial charge in [0.25, 0.3) is 0 Å². The fourth-order valence-electron chi connectivity index (χ4n) is 0.631. The quantitative estimate of drug-likeness (QED) is 0.583. The molecule has 0 aliphatic carbocycles. The van der Waals surface area contributed by atoms with Crippen LogP contribution in [0.15, 0.2) is 0 Å². The molecule has 10 heavy (non-hydrogen) atoms. The third-order valence-corrected chi connectivity index (χ3v) is 1.52. The minimum absolute atomic E-state index is 0.427. The highest BCUT2D eigenvalue weighted by Crippen LogP contribution is 2.08. The van der Waals surface area contributed by atoms with Gasteiger partial charge in [0, 0.05) is 0 Å². The van der Waals surface area contributed by atoms with E-state index in [1.54, 1.807) is 0 Å². The molecule has 60 valence electrons. The summed E-state index contributed by atoms with van der Waals surface area (Å²) in [5, 5.41) is 0. The van der Waals surface area contributed by atoms with Crippen molar-refractivity contribution in [2.45, 2.75) is 32.8 Å². The molecule has 0 aliphatic rings. The SMILES string of the molecule is CC(C)CCC(C=O)OCl. The lowest BCUT2D eigenvalue weighted by atomic mass is 10.1. The average Bonchev–Trinajstić information content (AvgIpc) is 1.90. The molecule has 0 fully saturated rings. The van der Waals surface area contributed by atoms with Crippen LogP contribution in [-0.4, -0.2) is 12.4 Å². The van der Waals surface area contributed by atoms with Crippen molar-refractivity contribution >= 4 is 18.2 Å². The number of hydrogen-bond acceptors (Lipinski definition) is 2. The lowest BCUT2D eigenvalue weighted by molar-refractivity contribution is -0.113. The van der Waals surface area contributed by atoms with Gasteiger partial charge >= 0.3 is 0 Å². The van der Waals surface area contributed by atoms with Crippen molar-refractivity contribution in [3.8, 4) is 0 Å². The van der Waals surface area contributed by atoms with Crippen LogP contribution < -0.4 is 0 Å². The highest BCUT2D eigenvalue weighted by Gasteiger charge is 2.06. The fraction of sp³-hybridized carbons (Fsp3) is 0.857. The van der Waals surface area contributed by atoms with Crippen LogP contribution in [-0.2, 0) is 9.08 Å². The monoisotopic (exact) mass is 164 g/mol. The number of carbonyl (C=O) groups is 1. The third-order valence-electron chi connectivity index (χ3n) is 1.29. The zero-order valence-corrected chi connectivity index (χ0v) is 7.10. The molecule has 0 heterocycles. The van der Waals surface area contributed by atoms with Gasteiger partial charge in [0.15, 0.2) is 6.29 Å². The van der Waals surface area contributed by atoms with Gasteiger partial charge in [-0.25, -0.2) is 0 Å². The number of rotatable bonds is 5. The summed E-state index contributed by atoms with van der Waals surface area (Å²) in [6.45, 7) is 4.19. The van der Waals surface area contributed by atoms with Crippen molar-refractivity contribution in [1.29, 1.82) is 0 Å². The maximum absolute atomic E-state index is 10.1. The van der Waals surface area contributed by atoms with Crippen molar-refractivity contribution in [2.24, 2.45) is 5.92 Å². The van der Waals surface area contributed by atoms with Gasteiger partial charge in [-0.2, -0.15) is 0 Å². The van der Waals surface area contributed by atoms with Gasteiger partial charge in [0.2, 0.25) is 0 Å². The first kappa shape index (κ1) is 9.92. The van der Waals surface area contributed by atoms with Gasteiger partial charge in [-0.3, -0.25) is 4.29 Å². The molecule has 0 radical (unpaired) electrons. The summed E-state index contributed by atoms with van der Waals surface area (Å²) < 4.78 is 4.35. The highest BCUT2D eigenvalue weighted by atomic mass is 35.5. The summed E-state index contributed by atoms with van der Waals surface area (Å²) >= 11 is 5.02. The van der Waals surface area contributed by atoms with Crippen molar-refractivity contribution in [1.82, 2.24) is 0 Å². The second kappa shape index (κ2) is 5.69. The second-order valence-electron chi connectivity index (χ2n) is 2.73. The molecule has 3 heteroatoms. The summed E-state index contributed by atoms with van der Waals surface area (Å²) in [5.41, 5.74) is 0. The number of aldehydes is 1. The van der Waals surface area contributed by atoms with Crippen LogP contribution in [0, 0.1) is 5.92 Å². The molecule has 0 amide bonds. The molecular weight excluding hydrogens is 152 g/mol. The first-order chi connectivity index (χ1) is 4.70. The Balaban J connectivity index is 3.34. The molecule has 0 aromatic carbocycles. The molecule has 0 rings (SSSR count). The Labute approximate surface area is 66.7 Å². The molecule has 2 nitrogen and oxygen atoms in total. The summed E-state index contributed by atoms with van der Waals surface area (Å²) in [7, 11) is 0. The maximum atomic E-state index is 10.1. The van der Waals surface area contributed by atoms with Crippen LogP contribution in [0.3, 0.4) is 0 Å². The largest absolute Gasteiger partial charge is 0.300 e. The van der Waals surface area contributed by atoms with Gasteiger partial charge in [-0.1, -0.05) is 13.8 Å². The van der Waals surface area contributed by atoms with Crippen molar-refractivity contribution < 1.29 is 9.08 Å². The Kier molecular flexibility index (Phi) is 5.64. The third kappa shape index (κ3) is 4.77. The zero-order chi connectivity index (χ0) is 7.98. The number of halogens is 1. The van der Waals surface area contributed by atoms with E-state index in [2.05, 4.69) is 18.1 Å². The van der Waals surface area contributed by atoms with Gasteiger partial charge < -0.3 is 4.79 Å². The summed E-state index contributed by atoms with van der Waals surface area (Å²) in [5.74, 6) is 0.592. The first-order valence-electron chi connectivity index (χ1n) is 3.43. The Hall–Kier alpha value is -0.0800. The molecule has 0 saturated heterocycles. The molecule has 1 atom stereocenters. The number of hydrogen-bond donors (Lipinski definition) is 0. The van der Waals surface area contributed by atoms with Gasteiger partial charge in [-0.05, 0) is 18.8 Å². The van der Waals surface area contributed by atoms with E-state index in [-0.39, 0.29) is 0 Å². The van der Waals surface area contributed by atoms with Crippen molar-refractivity contribution in [2.75, 3.05) is 0 Å². The summed E-state index contributed by atoms with van der Waals surface area (Å²) in [6, 6.07) is 0. The molecule has 0 spiro atoms. The maximum Gasteiger partial charge on any atom is 0.150 e. The second-order valence-corrected chi connectivity index (χ2v) is 2.91. The van der Waals surface area contributed by atoms with E-state index in [1.165, 1.54) is 0 Å². The number of carbonyl (C=O) groups excluding carboxylic acids is 1. The lowest BCUT2D eigenvalue weighted by Crippen LogP contribution is -2.10. The Morgan fingerprint density at radius 2 is 2.10 bits per heavy atom. The molecule has 0 bridgehead atoms. The standard InChI is InChI=1S/C7H13ClO2/c1-6(2)3-4-7(5-9)10-8/h5-7H,3-4H2,1-2H3. The van der Waals surface area contributed by atoms with E-state index in [0.717, 1.165) is 12.7 Å². The van der Waals surface area contributed by atoms with Crippen molar-refractivity contribution in [3.05, 3.63) is 0 Å². The van der Waals surface area contributed by atoms with E-state index in [1.807, 2.05) is 0 Å². The van der Waals surface area contributed by atoms with E-state index in [0.29, 0.717) is 12.3 Å². The van der Waals surface area contributed by atoms with E-state index in [9.17, 15) is 4.79 Å². The molecule has 0 aromatic rings. The predicted molar refractivity (Wildman–Crippen MR) is 40.9 cm³/mol. The molecule has 0 N–H and O–H groups in total. The van der Waals surface area contributed by atoms with E-state index < -0.39 is 6.10 Å². The molecule has 0 aromatic heterocycles. The van der Waals surface area contributed by atoms with Crippen LogP contribution in [0.25, 0.3) is 0 Å². The zero-order valence-electron chi connectivity index (χ0n) is 6.34.